The smallest absolute Gasteiger partial charge is 0.231 e. The predicted molar refractivity (Wildman–Crippen MR) is 64.5 cm³/mol. The van der Waals surface area contributed by atoms with Crippen molar-refractivity contribution in [2.24, 2.45) is 11.8 Å². The molecule has 0 saturated heterocycles. The third-order valence-corrected chi connectivity index (χ3v) is 4.34. The van der Waals surface area contributed by atoms with Crippen LogP contribution >= 0.6 is 15.9 Å². The molecule has 1 aromatic carbocycles. The van der Waals surface area contributed by atoms with Gasteiger partial charge in [-0.1, -0.05) is 22.0 Å². The Morgan fingerprint density at radius 3 is 2.75 bits per heavy atom. The van der Waals surface area contributed by atoms with Gasteiger partial charge >= 0.3 is 0 Å². The zero-order valence-corrected chi connectivity index (χ0v) is 10.3. The molecule has 2 aliphatic carbocycles. The van der Waals surface area contributed by atoms with Crippen molar-refractivity contribution in [1.29, 1.82) is 0 Å². The Labute approximate surface area is 102 Å². The number of hydrogen-bond donors (Lipinski definition) is 0. The van der Waals surface area contributed by atoms with Gasteiger partial charge in [-0.15, -0.1) is 0 Å². The summed E-state index contributed by atoms with van der Waals surface area (Å²) in [6.45, 7) is 0.343. The predicted octanol–water partition coefficient (Wildman–Crippen LogP) is 3.60. The van der Waals surface area contributed by atoms with Gasteiger partial charge in [-0.05, 0) is 47.9 Å². The summed E-state index contributed by atoms with van der Waals surface area (Å²) in [5.74, 6) is 3.50. The van der Waals surface area contributed by atoms with Crippen LogP contribution in [0.1, 0.15) is 18.4 Å². The zero-order valence-electron chi connectivity index (χ0n) is 8.70. The van der Waals surface area contributed by atoms with Crippen molar-refractivity contribution in [3.05, 3.63) is 28.2 Å². The van der Waals surface area contributed by atoms with Crippen molar-refractivity contribution in [1.82, 2.24) is 0 Å². The highest BCUT2D eigenvalue weighted by atomic mass is 79.9. The molecule has 4 rings (SSSR count). The van der Waals surface area contributed by atoms with Crippen LogP contribution in [0, 0.1) is 11.8 Å². The molecule has 1 aromatic rings. The Morgan fingerprint density at radius 1 is 1.19 bits per heavy atom. The summed E-state index contributed by atoms with van der Waals surface area (Å²) in [6.07, 6.45) is 5.04. The van der Waals surface area contributed by atoms with Crippen LogP contribution in [0.2, 0.25) is 0 Å². The summed E-state index contributed by atoms with van der Waals surface area (Å²) in [4.78, 5) is 0. The van der Waals surface area contributed by atoms with E-state index in [0.29, 0.717) is 6.79 Å². The Bertz CT molecular complexity index is 507. The fourth-order valence-corrected chi connectivity index (χ4v) is 3.26. The van der Waals surface area contributed by atoms with E-state index in [1.54, 1.807) is 0 Å². The fraction of sp³-hybridized carbons (Fsp3) is 0.385. The maximum absolute atomic E-state index is 5.42. The van der Waals surface area contributed by atoms with Crippen LogP contribution in [0.25, 0.3) is 5.57 Å². The molecule has 1 saturated carbocycles. The second kappa shape index (κ2) is 3.04. The standard InChI is InChI=1S/C13H11BrO2/c14-11-5-13-12(15-6-16-13)4-10(11)9-2-7-1-8(7)3-9/h2,4-5,7-8H,1,3,6H2/t7-,8+/m1/s1. The van der Waals surface area contributed by atoms with E-state index >= 15 is 0 Å². The molecule has 0 amide bonds. The van der Waals surface area contributed by atoms with Crippen LogP contribution < -0.4 is 9.47 Å². The number of halogens is 1. The molecule has 0 N–H and O–H groups in total. The van der Waals surface area contributed by atoms with Crippen molar-refractivity contribution in [2.75, 3.05) is 6.79 Å². The largest absolute Gasteiger partial charge is 0.454 e. The highest BCUT2D eigenvalue weighted by molar-refractivity contribution is 9.10. The van der Waals surface area contributed by atoms with Gasteiger partial charge in [0.1, 0.15) is 0 Å². The molecule has 82 valence electrons. The minimum atomic E-state index is 0.343. The molecule has 0 unspecified atom stereocenters. The summed E-state index contributed by atoms with van der Waals surface area (Å²) in [5.41, 5.74) is 2.74. The van der Waals surface area contributed by atoms with E-state index in [9.17, 15) is 0 Å². The number of rotatable bonds is 1. The topological polar surface area (TPSA) is 18.5 Å². The molecule has 0 radical (unpaired) electrons. The number of allylic oxidation sites excluding steroid dienone is 2. The molecular formula is C13H11BrO2. The first kappa shape index (κ1) is 9.11. The Hall–Kier alpha value is -0.960. The van der Waals surface area contributed by atoms with Crippen LogP contribution in [0.3, 0.4) is 0 Å². The first-order valence-corrected chi connectivity index (χ1v) is 6.41. The van der Waals surface area contributed by atoms with Gasteiger partial charge in [-0.2, -0.15) is 0 Å². The molecule has 3 aliphatic rings. The molecule has 2 atom stereocenters. The fourth-order valence-electron chi connectivity index (χ4n) is 2.68. The maximum Gasteiger partial charge on any atom is 0.231 e. The van der Waals surface area contributed by atoms with Gasteiger partial charge < -0.3 is 9.47 Å². The second-order valence-corrected chi connectivity index (χ2v) is 5.60. The van der Waals surface area contributed by atoms with E-state index in [1.165, 1.54) is 24.0 Å². The van der Waals surface area contributed by atoms with Crippen molar-refractivity contribution in [3.8, 4) is 11.5 Å². The van der Waals surface area contributed by atoms with Gasteiger partial charge in [0.05, 0.1) is 0 Å². The monoisotopic (exact) mass is 278 g/mol. The van der Waals surface area contributed by atoms with Crippen molar-refractivity contribution in [3.63, 3.8) is 0 Å². The van der Waals surface area contributed by atoms with Crippen LogP contribution in [-0.2, 0) is 0 Å². The third kappa shape index (κ3) is 1.24. The third-order valence-electron chi connectivity index (χ3n) is 3.68. The van der Waals surface area contributed by atoms with Crippen LogP contribution in [0.15, 0.2) is 22.7 Å². The van der Waals surface area contributed by atoms with Gasteiger partial charge in [-0.25, -0.2) is 0 Å². The summed E-state index contributed by atoms with van der Waals surface area (Å²) in [6, 6.07) is 4.12. The van der Waals surface area contributed by atoms with Gasteiger partial charge in [0, 0.05) is 4.47 Å². The van der Waals surface area contributed by atoms with Crippen molar-refractivity contribution >= 4 is 21.5 Å². The molecular weight excluding hydrogens is 268 g/mol. The molecule has 0 aromatic heterocycles. The normalized spacial score (nSPS) is 28.9. The van der Waals surface area contributed by atoms with E-state index in [4.69, 9.17) is 9.47 Å². The molecule has 0 spiro atoms. The van der Waals surface area contributed by atoms with Gasteiger partial charge in [-0.3, -0.25) is 0 Å². The lowest BCUT2D eigenvalue weighted by Crippen LogP contribution is -1.92. The van der Waals surface area contributed by atoms with Crippen LogP contribution in [0.4, 0.5) is 0 Å². The summed E-state index contributed by atoms with van der Waals surface area (Å²) in [7, 11) is 0. The molecule has 1 heterocycles. The first-order chi connectivity index (χ1) is 7.81. The van der Waals surface area contributed by atoms with Gasteiger partial charge in [0.2, 0.25) is 6.79 Å². The Balaban J connectivity index is 1.80. The molecule has 16 heavy (non-hydrogen) atoms. The molecule has 2 nitrogen and oxygen atoms in total. The van der Waals surface area contributed by atoms with Gasteiger partial charge in [0.15, 0.2) is 11.5 Å². The molecule has 1 fully saturated rings. The van der Waals surface area contributed by atoms with E-state index in [0.717, 1.165) is 27.8 Å². The van der Waals surface area contributed by atoms with E-state index < -0.39 is 0 Å². The summed E-state index contributed by atoms with van der Waals surface area (Å²) >= 11 is 3.62. The SMILES string of the molecule is Brc1cc2c(cc1C1=C[C@H]3C[C@H]3C1)OCO2. The van der Waals surface area contributed by atoms with Crippen LogP contribution in [-0.4, -0.2) is 6.79 Å². The lowest BCUT2D eigenvalue weighted by molar-refractivity contribution is 0.174. The average Bonchev–Trinajstić information content (AvgIpc) is 2.73. The summed E-state index contributed by atoms with van der Waals surface area (Å²) in [5, 5.41) is 0. The second-order valence-electron chi connectivity index (χ2n) is 4.74. The van der Waals surface area contributed by atoms with Crippen molar-refractivity contribution < 1.29 is 9.47 Å². The Morgan fingerprint density at radius 2 is 2.00 bits per heavy atom. The molecule has 1 aliphatic heterocycles. The number of hydrogen-bond acceptors (Lipinski definition) is 2. The van der Waals surface area contributed by atoms with Crippen LogP contribution in [0.5, 0.6) is 11.5 Å². The zero-order chi connectivity index (χ0) is 10.7. The lowest BCUT2D eigenvalue weighted by Gasteiger charge is -2.08. The average molecular weight is 279 g/mol. The van der Waals surface area contributed by atoms with E-state index in [-0.39, 0.29) is 0 Å². The maximum atomic E-state index is 5.42. The van der Waals surface area contributed by atoms with Gasteiger partial charge in [0.25, 0.3) is 0 Å². The van der Waals surface area contributed by atoms with E-state index in [2.05, 4.69) is 28.1 Å². The highest BCUT2D eigenvalue weighted by Crippen LogP contribution is 2.54. The van der Waals surface area contributed by atoms with E-state index in [1.807, 2.05) is 6.07 Å². The number of fused-ring (bicyclic) bond motifs is 2. The Kier molecular flexibility index (Phi) is 1.73. The molecule has 0 bridgehead atoms. The van der Waals surface area contributed by atoms with Crippen molar-refractivity contribution in [2.45, 2.75) is 12.8 Å². The lowest BCUT2D eigenvalue weighted by atomic mass is 10.0. The number of ether oxygens (including phenoxy) is 2. The molecule has 3 heteroatoms. The quantitative estimate of drug-likeness (QED) is 0.782. The first-order valence-electron chi connectivity index (χ1n) is 5.61. The summed E-state index contributed by atoms with van der Waals surface area (Å²) < 4.78 is 11.9. The number of benzene rings is 1. The highest BCUT2D eigenvalue weighted by Gasteiger charge is 2.41. The minimum Gasteiger partial charge on any atom is -0.454 e. The minimum absolute atomic E-state index is 0.343.